The van der Waals surface area contributed by atoms with Crippen LogP contribution in [0.4, 0.5) is 0 Å². The van der Waals surface area contributed by atoms with Crippen molar-refractivity contribution in [1.29, 1.82) is 0 Å². The minimum absolute atomic E-state index is 0.331. The van der Waals surface area contributed by atoms with Crippen LogP contribution in [-0.4, -0.2) is 18.2 Å². The van der Waals surface area contributed by atoms with Crippen molar-refractivity contribution in [2.75, 3.05) is 7.11 Å². The number of methoxy groups -OCH3 is 1. The van der Waals surface area contributed by atoms with Gasteiger partial charge in [0.25, 0.3) is 0 Å². The maximum absolute atomic E-state index is 10.0. The number of nitrogens with zero attached hydrogens (tertiary/aromatic N) is 2. The van der Waals surface area contributed by atoms with E-state index in [1.807, 2.05) is 24.3 Å². The summed E-state index contributed by atoms with van der Waals surface area (Å²) in [6.45, 7) is 0.331. The van der Waals surface area contributed by atoms with E-state index in [0.29, 0.717) is 12.4 Å². The maximum Gasteiger partial charge on any atom is 0.235 e. The second kappa shape index (κ2) is 4.55. The van der Waals surface area contributed by atoms with E-state index in [1.54, 1.807) is 13.3 Å². The standard InChI is InChI=1S/C12H10N2O2/c1-16-12-11-6-9(7-13-8-15)2-3-10(11)4-5-14-12/h2-6H,7H2,1H3. The van der Waals surface area contributed by atoms with Crippen LogP contribution in [0.3, 0.4) is 0 Å². The Balaban J connectivity index is 2.54. The highest BCUT2D eigenvalue weighted by atomic mass is 16.5. The lowest BCUT2D eigenvalue weighted by Gasteiger charge is -2.05. The molecule has 0 fully saturated rings. The molecule has 1 aromatic heterocycles. The van der Waals surface area contributed by atoms with Gasteiger partial charge >= 0.3 is 0 Å². The molecule has 1 aromatic carbocycles. The summed E-state index contributed by atoms with van der Waals surface area (Å²) in [5, 5.41) is 1.97. The Morgan fingerprint density at radius 2 is 2.31 bits per heavy atom. The lowest BCUT2D eigenvalue weighted by molar-refractivity contribution is 0.403. The van der Waals surface area contributed by atoms with Crippen molar-refractivity contribution in [3.8, 4) is 5.88 Å². The van der Waals surface area contributed by atoms with Crippen LogP contribution < -0.4 is 4.74 Å². The van der Waals surface area contributed by atoms with Gasteiger partial charge in [0, 0.05) is 11.6 Å². The lowest BCUT2D eigenvalue weighted by Crippen LogP contribution is -1.90. The highest BCUT2D eigenvalue weighted by molar-refractivity contribution is 5.87. The Bertz CT molecular complexity index is 560. The Morgan fingerprint density at radius 3 is 3.06 bits per heavy atom. The van der Waals surface area contributed by atoms with Crippen molar-refractivity contribution < 1.29 is 9.53 Å². The molecular weight excluding hydrogens is 204 g/mol. The van der Waals surface area contributed by atoms with Gasteiger partial charge in [0.15, 0.2) is 0 Å². The molecule has 0 aliphatic carbocycles. The van der Waals surface area contributed by atoms with E-state index < -0.39 is 0 Å². The number of fused-ring (bicyclic) bond motifs is 1. The molecule has 0 amide bonds. The van der Waals surface area contributed by atoms with Crippen LogP contribution in [0.1, 0.15) is 5.56 Å². The van der Waals surface area contributed by atoms with Crippen molar-refractivity contribution >= 4 is 16.9 Å². The minimum Gasteiger partial charge on any atom is -0.481 e. The van der Waals surface area contributed by atoms with Crippen molar-refractivity contribution in [3.05, 3.63) is 36.0 Å². The van der Waals surface area contributed by atoms with Crippen molar-refractivity contribution in [3.63, 3.8) is 0 Å². The summed E-state index contributed by atoms with van der Waals surface area (Å²) in [5.74, 6) is 0.578. The highest BCUT2D eigenvalue weighted by Crippen LogP contribution is 2.23. The predicted octanol–water partition coefficient (Wildman–Crippen LogP) is 2.08. The Kier molecular flexibility index (Phi) is 2.94. The number of ether oxygens (including phenoxy) is 1. The molecule has 0 spiro atoms. The van der Waals surface area contributed by atoms with E-state index in [0.717, 1.165) is 16.3 Å². The van der Waals surface area contributed by atoms with Gasteiger partial charge in [-0.25, -0.2) is 14.8 Å². The SMILES string of the molecule is COc1nccc2ccc(CN=C=O)cc12. The van der Waals surface area contributed by atoms with Gasteiger partial charge in [-0.3, -0.25) is 0 Å². The zero-order chi connectivity index (χ0) is 11.4. The zero-order valence-corrected chi connectivity index (χ0v) is 8.80. The molecule has 0 saturated heterocycles. The van der Waals surface area contributed by atoms with Gasteiger partial charge in [0.2, 0.25) is 12.0 Å². The Morgan fingerprint density at radius 1 is 1.44 bits per heavy atom. The summed E-state index contributed by atoms with van der Waals surface area (Å²) in [7, 11) is 1.58. The summed E-state index contributed by atoms with van der Waals surface area (Å²) in [6, 6.07) is 7.70. The van der Waals surface area contributed by atoms with Gasteiger partial charge in [-0.2, -0.15) is 0 Å². The first-order chi connectivity index (χ1) is 7.85. The van der Waals surface area contributed by atoms with E-state index in [4.69, 9.17) is 4.74 Å². The number of hydrogen-bond acceptors (Lipinski definition) is 4. The fourth-order valence-corrected chi connectivity index (χ4v) is 1.57. The first-order valence-corrected chi connectivity index (χ1v) is 4.80. The quantitative estimate of drug-likeness (QED) is 0.580. The van der Waals surface area contributed by atoms with Gasteiger partial charge in [0.05, 0.1) is 13.7 Å². The average molecular weight is 214 g/mol. The van der Waals surface area contributed by atoms with Crippen LogP contribution in [-0.2, 0) is 11.3 Å². The number of rotatable bonds is 3. The molecule has 4 nitrogen and oxygen atoms in total. The lowest BCUT2D eigenvalue weighted by atomic mass is 10.1. The number of benzene rings is 1. The van der Waals surface area contributed by atoms with Crippen molar-refractivity contribution in [2.45, 2.75) is 6.54 Å². The molecule has 1 heterocycles. The fraction of sp³-hybridized carbons (Fsp3) is 0.167. The van der Waals surface area contributed by atoms with Crippen LogP contribution in [0.2, 0.25) is 0 Å². The van der Waals surface area contributed by atoms with Crippen LogP contribution in [0.25, 0.3) is 10.8 Å². The summed E-state index contributed by atoms with van der Waals surface area (Å²) < 4.78 is 5.17. The average Bonchev–Trinajstić information content (AvgIpc) is 2.35. The highest BCUT2D eigenvalue weighted by Gasteiger charge is 2.03. The number of pyridine rings is 1. The monoisotopic (exact) mass is 214 g/mol. The number of carbonyl (C=O) groups excluding carboxylic acids is 1. The molecule has 0 aliphatic heterocycles. The molecule has 2 rings (SSSR count). The van der Waals surface area contributed by atoms with Gasteiger partial charge in [-0.15, -0.1) is 0 Å². The summed E-state index contributed by atoms with van der Waals surface area (Å²) >= 11 is 0. The third-order valence-corrected chi connectivity index (χ3v) is 2.31. The number of aromatic nitrogens is 1. The molecule has 0 bridgehead atoms. The smallest absolute Gasteiger partial charge is 0.235 e. The third-order valence-electron chi connectivity index (χ3n) is 2.31. The predicted molar refractivity (Wildman–Crippen MR) is 60.1 cm³/mol. The topological polar surface area (TPSA) is 51.6 Å². The largest absolute Gasteiger partial charge is 0.481 e. The Labute approximate surface area is 92.6 Å². The molecular formula is C12H10N2O2. The van der Waals surface area contributed by atoms with E-state index >= 15 is 0 Å². The van der Waals surface area contributed by atoms with Crippen molar-refractivity contribution in [2.24, 2.45) is 4.99 Å². The molecule has 16 heavy (non-hydrogen) atoms. The molecule has 4 heteroatoms. The van der Waals surface area contributed by atoms with Gasteiger partial charge in [-0.1, -0.05) is 12.1 Å². The second-order valence-corrected chi connectivity index (χ2v) is 3.28. The number of aliphatic imine (C=N–C) groups is 1. The van der Waals surface area contributed by atoms with Crippen LogP contribution >= 0.6 is 0 Å². The van der Waals surface area contributed by atoms with Crippen LogP contribution in [0.15, 0.2) is 35.5 Å². The molecule has 0 saturated carbocycles. The molecule has 0 radical (unpaired) electrons. The van der Waals surface area contributed by atoms with Crippen molar-refractivity contribution in [1.82, 2.24) is 4.98 Å². The Hall–Kier alpha value is -2.19. The zero-order valence-electron chi connectivity index (χ0n) is 8.80. The molecule has 0 aliphatic rings. The number of hydrogen-bond donors (Lipinski definition) is 0. The van der Waals surface area contributed by atoms with E-state index in [9.17, 15) is 4.79 Å². The minimum atomic E-state index is 0.331. The summed E-state index contributed by atoms with van der Waals surface area (Å²) in [4.78, 5) is 17.7. The van der Waals surface area contributed by atoms with Gasteiger partial charge in [0.1, 0.15) is 0 Å². The van der Waals surface area contributed by atoms with E-state index in [2.05, 4.69) is 9.98 Å². The fourth-order valence-electron chi connectivity index (χ4n) is 1.57. The molecule has 2 aromatic rings. The third kappa shape index (κ3) is 1.92. The molecule has 0 atom stereocenters. The molecule has 80 valence electrons. The second-order valence-electron chi connectivity index (χ2n) is 3.28. The summed E-state index contributed by atoms with van der Waals surface area (Å²) in [5.41, 5.74) is 0.933. The molecule has 0 N–H and O–H groups in total. The van der Waals surface area contributed by atoms with Gasteiger partial charge in [-0.05, 0) is 23.1 Å². The molecule has 0 unspecified atom stereocenters. The summed E-state index contributed by atoms with van der Waals surface area (Å²) in [6.07, 6.45) is 3.22. The first kappa shape index (κ1) is 10.3. The normalized spacial score (nSPS) is 9.81. The maximum atomic E-state index is 10.0. The van der Waals surface area contributed by atoms with E-state index in [-0.39, 0.29) is 0 Å². The van der Waals surface area contributed by atoms with Crippen LogP contribution in [0.5, 0.6) is 5.88 Å². The van der Waals surface area contributed by atoms with Crippen LogP contribution in [0, 0.1) is 0 Å². The first-order valence-electron chi connectivity index (χ1n) is 4.80. The number of isocyanates is 1. The van der Waals surface area contributed by atoms with E-state index in [1.165, 1.54) is 6.08 Å². The van der Waals surface area contributed by atoms with Gasteiger partial charge < -0.3 is 4.74 Å².